The van der Waals surface area contributed by atoms with E-state index in [9.17, 15) is 4.79 Å². The molecule has 0 fully saturated rings. The smallest absolute Gasteiger partial charge is 0.347 e. The number of hydrogen-bond acceptors (Lipinski definition) is 5. The fourth-order valence-electron chi connectivity index (χ4n) is 1.52. The Kier molecular flexibility index (Phi) is 3.47. The van der Waals surface area contributed by atoms with Gasteiger partial charge < -0.3 is 15.3 Å². The van der Waals surface area contributed by atoms with Crippen molar-refractivity contribution in [3.05, 3.63) is 35.3 Å². The van der Waals surface area contributed by atoms with E-state index in [0.717, 1.165) is 22.7 Å². The highest BCUT2D eigenvalue weighted by atomic mass is 32.1. The Balaban J connectivity index is 2.25. The van der Waals surface area contributed by atoms with Gasteiger partial charge in [0, 0.05) is 14.1 Å². The van der Waals surface area contributed by atoms with Crippen LogP contribution in [-0.2, 0) is 0 Å². The van der Waals surface area contributed by atoms with E-state index < -0.39 is 5.97 Å². The van der Waals surface area contributed by atoms with Gasteiger partial charge in [0.15, 0.2) is 5.13 Å². The van der Waals surface area contributed by atoms with E-state index in [1.54, 1.807) is 0 Å². The van der Waals surface area contributed by atoms with Crippen LogP contribution < -0.4 is 10.2 Å². The molecule has 5 nitrogen and oxygen atoms in total. The number of benzene rings is 1. The molecule has 1 aromatic carbocycles. The summed E-state index contributed by atoms with van der Waals surface area (Å²) in [5.74, 6) is -0.957. The minimum atomic E-state index is -0.957. The third kappa shape index (κ3) is 2.60. The topological polar surface area (TPSA) is 65.5 Å². The Labute approximate surface area is 109 Å². The number of carbonyl (C=O) groups is 1. The summed E-state index contributed by atoms with van der Waals surface area (Å²) in [6.07, 6.45) is 1.35. The van der Waals surface area contributed by atoms with E-state index in [0.29, 0.717) is 5.13 Å². The minimum absolute atomic E-state index is 0.222. The van der Waals surface area contributed by atoms with Gasteiger partial charge in [-0.05, 0) is 12.1 Å². The highest BCUT2D eigenvalue weighted by Gasteiger charge is 2.10. The van der Waals surface area contributed by atoms with Crippen molar-refractivity contribution in [1.82, 2.24) is 4.98 Å². The van der Waals surface area contributed by atoms with Gasteiger partial charge in [-0.2, -0.15) is 0 Å². The molecule has 94 valence electrons. The maximum absolute atomic E-state index is 10.8. The lowest BCUT2D eigenvalue weighted by Gasteiger charge is -2.17. The quantitative estimate of drug-likeness (QED) is 0.887. The molecule has 0 radical (unpaired) electrons. The number of rotatable bonds is 4. The Morgan fingerprint density at radius 2 is 2.11 bits per heavy atom. The van der Waals surface area contributed by atoms with Crippen LogP contribution in [0.2, 0.25) is 0 Å². The maximum Gasteiger partial charge on any atom is 0.347 e. The summed E-state index contributed by atoms with van der Waals surface area (Å²) in [5.41, 5.74) is 1.92. The first-order valence-electron chi connectivity index (χ1n) is 5.30. The zero-order valence-corrected chi connectivity index (χ0v) is 10.9. The lowest BCUT2D eigenvalue weighted by atomic mass is 10.2. The molecule has 6 heteroatoms. The second-order valence-electron chi connectivity index (χ2n) is 3.87. The van der Waals surface area contributed by atoms with Gasteiger partial charge in [0.25, 0.3) is 0 Å². The first-order chi connectivity index (χ1) is 8.58. The molecule has 1 heterocycles. The minimum Gasteiger partial charge on any atom is -0.477 e. The van der Waals surface area contributed by atoms with Crippen molar-refractivity contribution in [3.8, 4) is 0 Å². The van der Waals surface area contributed by atoms with Crippen molar-refractivity contribution in [2.45, 2.75) is 0 Å². The van der Waals surface area contributed by atoms with Gasteiger partial charge in [-0.25, -0.2) is 9.78 Å². The van der Waals surface area contributed by atoms with E-state index in [1.165, 1.54) is 6.20 Å². The van der Waals surface area contributed by atoms with Crippen LogP contribution in [0.1, 0.15) is 9.67 Å². The van der Waals surface area contributed by atoms with Crippen molar-refractivity contribution >= 4 is 33.8 Å². The number of nitrogens with one attached hydrogen (secondary N) is 1. The Morgan fingerprint density at radius 3 is 2.72 bits per heavy atom. The molecule has 2 aromatic rings. The van der Waals surface area contributed by atoms with Crippen molar-refractivity contribution in [1.29, 1.82) is 0 Å². The van der Waals surface area contributed by atoms with Crippen molar-refractivity contribution in [2.75, 3.05) is 24.3 Å². The second kappa shape index (κ2) is 5.05. The first-order valence-corrected chi connectivity index (χ1v) is 6.12. The normalized spacial score (nSPS) is 10.1. The zero-order chi connectivity index (χ0) is 13.1. The van der Waals surface area contributed by atoms with Gasteiger partial charge in [-0.1, -0.05) is 23.5 Å². The predicted molar refractivity (Wildman–Crippen MR) is 73.1 cm³/mol. The molecule has 0 amide bonds. The monoisotopic (exact) mass is 263 g/mol. The van der Waals surface area contributed by atoms with E-state index in [4.69, 9.17) is 5.11 Å². The molecule has 0 bridgehead atoms. The maximum atomic E-state index is 10.8. The molecule has 1 aromatic heterocycles. The number of carboxylic acids is 1. The van der Waals surface area contributed by atoms with Crippen molar-refractivity contribution in [3.63, 3.8) is 0 Å². The number of aromatic nitrogens is 1. The Morgan fingerprint density at radius 1 is 1.39 bits per heavy atom. The number of anilines is 3. The average molecular weight is 263 g/mol. The first kappa shape index (κ1) is 12.4. The van der Waals surface area contributed by atoms with Crippen LogP contribution in [0, 0.1) is 0 Å². The molecule has 0 atom stereocenters. The van der Waals surface area contributed by atoms with Gasteiger partial charge in [0.2, 0.25) is 0 Å². The molecular formula is C12H13N3O2S. The molecule has 2 N–H and O–H groups in total. The highest BCUT2D eigenvalue weighted by Crippen LogP contribution is 2.29. The molecular weight excluding hydrogens is 250 g/mol. The molecule has 18 heavy (non-hydrogen) atoms. The second-order valence-corrected chi connectivity index (χ2v) is 4.90. The number of aromatic carboxylic acids is 1. The van der Waals surface area contributed by atoms with Crippen molar-refractivity contribution in [2.24, 2.45) is 0 Å². The SMILES string of the molecule is CN(C)c1ccccc1Nc1ncc(C(=O)O)s1. The summed E-state index contributed by atoms with van der Waals surface area (Å²) < 4.78 is 0. The lowest BCUT2D eigenvalue weighted by Crippen LogP contribution is -2.10. The summed E-state index contributed by atoms with van der Waals surface area (Å²) in [5, 5.41) is 12.5. The number of hydrogen-bond donors (Lipinski definition) is 2. The van der Waals surface area contributed by atoms with Crippen LogP contribution >= 0.6 is 11.3 Å². The lowest BCUT2D eigenvalue weighted by molar-refractivity contribution is 0.0702. The largest absolute Gasteiger partial charge is 0.477 e. The molecule has 0 saturated carbocycles. The van der Waals surface area contributed by atoms with Crippen LogP contribution in [0.5, 0.6) is 0 Å². The van der Waals surface area contributed by atoms with Crippen LogP contribution in [0.4, 0.5) is 16.5 Å². The number of nitrogens with zero attached hydrogens (tertiary/aromatic N) is 2. The van der Waals surface area contributed by atoms with Crippen LogP contribution in [0.3, 0.4) is 0 Å². The van der Waals surface area contributed by atoms with Gasteiger partial charge in [-0.15, -0.1) is 0 Å². The fraction of sp³-hybridized carbons (Fsp3) is 0.167. The summed E-state index contributed by atoms with van der Waals surface area (Å²) in [6.45, 7) is 0. The van der Waals surface area contributed by atoms with E-state index in [2.05, 4.69) is 10.3 Å². The zero-order valence-electron chi connectivity index (χ0n) is 10.0. The van der Waals surface area contributed by atoms with Crippen molar-refractivity contribution < 1.29 is 9.90 Å². The number of para-hydroxylation sites is 2. The summed E-state index contributed by atoms with van der Waals surface area (Å²) in [4.78, 5) is 17.0. The Bertz CT molecular complexity index is 566. The van der Waals surface area contributed by atoms with Gasteiger partial charge >= 0.3 is 5.97 Å². The van der Waals surface area contributed by atoms with Gasteiger partial charge in [0.1, 0.15) is 4.88 Å². The molecule has 2 rings (SSSR count). The third-order valence-electron chi connectivity index (χ3n) is 2.34. The molecule has 0 spiro atoms. The van der Waals surface area contributed by atoms with Crippen LogP contribution in [0.15, 0.2) is 30.5 Å². The van der Waals surface area contributed by atoms with Crippen LogP contribution in [-0.4, -0.2) is 30.2 Å². The standard InChI is InChI=1S/C12H13N3O2S/c1-15(2)9-6-4-3-5-8(9)14-12-13-7-10(18-12)11(16)17/h3-7H,1-2H3,(H,13,14)(H,16,17). The van der Waals surface area contributed by atoms with E-state index in [-0.39, 0.29) is 4.88 Å². The summed E-state index contributed by atoms with van der Waals surface area (Å²) in [7, 11) is 3.90. The predicted octanol–water partition coefficient (Wildman–Crippen LogP) is 2.65. The number of thiazole rings is 1. The molecule has 0 saturated heterocycles. The molecule has 0 unspecified atom stereocenters. The highest BCUT2D eigenvalue weighted by molar-refractivity contribution is 7.17. The van der Waals surface area contributed by atoms with E-state index in [1.807, 2.05) is 43.3 Å². The van der Waals surface area contributed by atoms with E-state index >= 15 is 0 Å². The third-order valence-corrected chi connectivity index (χ3v) is 3.24. The van der Waals surface area contributed by atoms with Crippen LogP contribution in [0.25, 0.3) is 0 Å². The summed E-state index contributed by atoms with van der Waals surface area (Å²) >= 11 is 1.12. The summed E-state index contributed by atoms with van der Waals surface area (Å²) in [6, 6.07) is 7.78. The number of carboxylic acid groups (broad SMARTS) is 1. The average Bonchev–Trinajstić information content (AvgIpc) is 2.78. The van der Waals surface area contributed by atoms with Gasteiger partial charge in [0.05, 0.1) is 17.6 Å². The molecule has 0 aliphatic carbocycles. The van der Waals surface area contributed by atoms with Gasteiger partial charge in [-0.3, -0.25) is 0 Å². The molecule has 0 aliphatic heterocycles. The molecule has 0 aliphatic rings. The Hall–Kier alpha value is -2.08. The fourth-order valence-corrected chi connectivity index (χ4v) is 2.18.